The van der Waals surface area contributed by atoms with Crippen molar-refractivity contribution in [1.29, 1.82) is 0 Å². The zero-order chi connectivity index (χ0) is 22.3. The number of amides is 1. The molecular formula is C22H22F3N5O. The topological polar surface area (TPSA) is 77.9 Å². The molecule has 31 heavy (non-hydrogen) atoms. The van der Waals surface area contributed by atoms with E-state index in [1.54, 1.807) is 34.5 Å². The number of aromatic nitrogens is 3. The molecule has 0 radical (unpaired) electrons. The van der Waals surface area contributed by atoms with E-state index in [2.05, 4.69) is 10.4 Å². The molecule has 9 heteroatoms. The number of halogens is 3. The average molecular weight is 429 g/mol. The van der Waals surface area contributed by atoms with Gasteiger partial charge in [0.1, 0.15) is 0 Å². The lowest BCUT2D eigenvalue weighted by molar-refractivity contribution is -0.137. The number of nitrogens with zero attached hydrogens (tertiary/aromatic N) is 3. The molecule has 162 valence electrons. The van der Waals surface area contributed by atoms with Crippen LogP contribution in [-0.2, 0) is 13.2 Å². The van der Waals surface area contributed by atoms with Crippen molar-refractivity contribution >= 4 is 27.8 Å². The van der Waals surface area contributed by atoms with Crippen molar-refractivity contribution in [2.75, 3.05) is 6.54 Å². The smallest absolute Gasteiger partial charge is 0.350 e. The number of hydrogen-bond acceptors (Lipinski definition) is 3. The van der Waals surface area contributed by atoms with Gasteiger partial charge in [-0.1, -0.05) is 0 Å². The number of nitrogens with one attached hydrogen (secondary N) is 1. The number of rotatable bonds is 5. The van der Waals surface area contributed by atoms with Gasteiger partial charge in [-0.25, -0.2) is 0 Å². The first-order valence-corrected chi connectivity index (χ1v) is 9.85. The number of alkyl halides is 3. The predicted octanol–water partition coefficient (Wildman–Crippen LogP) is 4.00. The van der Waals surface area contributed by atoms with Crippen molar-refractivity contribution in [2.45, 2.75) is 25.6 Å². The summed E-state index contributed by atoms with van der Waals surface area (Å²) in [4.78, 5) is 12.6. The lowest BCUT2D eigenvalue weighted by Gasteiger charge is -2.13. The zero-order valence-electron chi connectivity index (χ0n) is 17.1. The summed E-state index contributed by atoms with van der Waals surface area (Å²) in [6.07, 6.45) is -1.90. The molecule has 2 heterocycles. The number of aryl methyl sites for hydroxylation is 1. The lowest BCUT2D eigenvalue weighted by atomic mass is 10.1. The second-order valence-corrected chi connectivity index (χ2v) is 7.60. The molecule has 0 aliphatic rings. The van der Waals surface area contributed by atoms with Gasteiger partial charge in [-0.2, -0.15) is 18.3 Å². The third-order valence-electron chi connectivity index (χ3n) is 5.24. The number of nitrogens with two attached hydrogens (primary N) is 1. The Morgan fingerprint density at radius 1 is 1.16 bits per heavy atom. The summed E-state index contributed by atoms with van der Waals surface area (Å²) in [6.45, 7) is 2.37. The van der Waals surface area contributed by atoms with Crippen LogP contribution in [0.1, 0.15) is 29.3 Å². The van der Waals surface area contributed by atoms with Crippen LogP contribution in [0.2, 0.25) is 0 Å². The van der Waals surface area contributed by atoms with E-state index in [0.29, 0.717) is 29.9 Å². The highest BCUT2D eigenvalue weighted by Crippen LogP contribution is 2.34. The third kappa shape index (κ3) is 3.88. The molecule has 1 amide bonds. The van der Waals surface area contributed by atoms with Crippen LogP contribution in [0.15, 0.2) is 48.7 Å². The molecule has 0 bridgehead atoms. The Labute approximate surface area is 176 Å². The lowest BCUT2D eigenvalue weighted by Crippen LogP contribution is -2.34. The van der Waals surface area contributed by atoms with Crippen LogP contribution in [0.4, 0.5) is 13.2 Å². The van der Waals surface area contributed by atoms with E-state index >= 15 is 0 Å². The van der Waals surface area contributed by atoms with Gasteiger partial charge in [0.25, 0.3) is 5.91 Å². The monoisotopic (exact) mass is 429 g/mol. The third-order valence-corrected chi connectivity index (χ3v) is 5.24. The van der Waals surface area contributed by atoms with Crippen molar-refractivity contribution in [3.8, 4) is 5.69 Å². The van der Waals surface area contributed by atoms with Gasteiger partial charge in [-0.3, -0.25) is 14.0 Å². The molecule has 0 spiro atoms. The molecule has 0 unspecified atom stereocenters. The fraction of sp³-hybridized carbons (Fsp3) is 0.273. The Bertz CT molecular complexity index is 1250. The fourth-order valence-corrected chi connectivity index (χ4v) is 3.72. The highest BCUT2D eigenvalue weighted by Gasteiger charge is 2.30. The van der Waals surface area contributed by atoms with Crippen LogP contribution in [0.5, 0.6) is 0 Å². The molecule has 2 aromatic carbocycles. The van der Waals surface area contributed by atoms with Crippen LogP contribution < -0.4 is 11.1 Å². The van der Waals surface area contributed by atoms with Crippen LogP contribution in [0.25, 0.3) is 27.6 Å². The summed E-state index contributed by atoms with van der Waals surface area (Å²) >= 11 is 0. The summed E-state index contributed by atoms with van der Waals surface area (Å²) in [7, 11) is 1.77. The first-order valence-electron chi connectivity index (χ1n) is 9.85. The number of hydrogen-bond donors (Lipinski definition) is 2. The molecule has 0 aliphatic carbocycles. The maximum Gasteiger partial charge on any atom is 0.416 e. The molecule has 0 aliphatic heterocycles. The van der Waals surface area contributed by atoms with E-state index < -0.39 is 11.7 Å². The highest BCUT2D eigenvalue weighted by atomic mass is 19.4. The van der Waals surface area contributed by atoms with E-state index in [4.69, 9.17) is 5.73 Å². The number of carbonyl (C=O) groups excluding carboxylic acids is 1. The van der Waals surface area contributed by atoms with Crippen molar-refractivity contribution in [3.05, 3.63) is 59.8 Å². The zero-order valence-corrected chi connectivity index (χ0v) is 17.1. The van der Waals surface area contributed by atoms with Gasteiger partial charge in [0.15, 0.2) is 5.65 Å². The Balaban J connectivity index is 1.82. The van der Waals surface area contributed by atoms with Gasteiger partial charge in [0.05, 0.1) is 11.1 Å². The van der Waals surface area contributed by atoms with Crippen molar-refractivity contribution in [3.63, 3.8) is 0 Å². The molecule has 0 saturated carbocycles. The largest absolute Gasteiger partial charge is 0.416 e. The van der Waals surface area contributed by atoms with Gasteiger partial charge in [-0.15, -0.1) is 0 Å². The second-order valence-electron chi connectivity index (χ2n) is 7.60. The first-order chi connectivity index (χ1) is 14.7. The minimum atomic E-state index is -4.40. The summed E-state index contributed by atoms with van der Waals surface area (Å²) in [5, 5.41) is 9.01. The van der Waals surface area contributed by atoms with E-state index in [1.165, 1.54) is 12.1 Å². The van der Waals surface area contributed by atoms with Crippen LogP contribution in [0.3, 0.4) is 0 Å². The second kappa shape index (κ2) is 7.73. The molecule has 1 atom stereocenters. The molecule has 6 nitrogen and oxygen atoms in total. The van der Waals surface area contributed by atoms with Gasteiger partial charge >= 0.3 is 6.18 Å². The molecule has 0 fully saturated rings. The van der Waals surface area contributed by atoms with E-state index in [1.807, 2.05) is 13.1 Å². The minimum absolute atomic E-state index is 0.0525. The molecule has 0 saturated heterocycles. The van der Waals surface area contributed by atoms with Crippen molar-refractivity contribution in [2.24, 2.45) is 12.8 Å². The van der Waals surface area contributed by atoms with Crippen molar-refractivity contribution in [1.82, 2.24) is 19.7 Å². The molecular weight excluding hydrogens is 407 g/mol. The van der Waals surface area contributed by atoms with Gasteiger partial charge in [0.2, 0.25) is 0 Å². The Kier molecular flexibility index (Phi) is 5.22. The summed E-state index contributed by atoms with van der Waals surface area (Å²) in [5.74, 6) is -0.206. The Hall–Kier alpha value is -3.33. The van der Waals surface area contributed by atoms with Crippen LogP contribution >= 0.6 is 0 Å². The van der Waals surface area contributed by atoms with Crippen molar-refractivity contribution < 1.29 is 18.0 Å². The number of benzene rings is 2. The average Bonchev–Trinajstić information content (AvgIpc) is 3.22. The van der Waals surface area contributed by atoms with E-state index in [9.17, 15) is 18.0 Å². The van der Waals surface area contributed by atoms with Crippen LogP contribution in [0, 0.1) is 0 Å². The molecule has 3 N–H and O–H groups in total. The van der Waals surface area contributed by atoms with E-state index in [0.717, 1.165) is 28.4 Å². The minimum Gasteiger partial charge on any atom is -0.350 e. The highest BCUT2D eigenvalue weighted by molar-refractivity contribution is 6.10. The molecule has 4 rings (SSSR count). The maximum absolute atomic E-state index is 13.0. The Morgan fingerprint density at radius 2 is 1.87 bits per heavy atom. The summed E-state index contributed by atoms with van der Waals surface area (Å²) in [5.41, 5.74) is 7.24. The predicted molar refractivity (Wildman–Crippen MR) is 113 cm³/mol. The fourth-order valence-electron chi connectivity index (χ4n) is 3.72. The molecule has 2 aromatic heterocycles. The normalized spacial score (nSPS) is 13.1. The summed E-state index contributed by atoms with van der Waals surface area (Å²) < 4.78 is 42.3. The standard InChI is InChI=1S/C22H22F3N5O/c1-13(9-10-26)27-21(31)14-3-8-19-17(11-14)18-12-29(2)28-20(18)30(19)16-6-4-15(5-7-16)22(23,24)25/h3-8,11-13H,9-10,26H2,1-2H3,(H,27,31)/t13-/m0/s1. The first kappa shape index (κ1) is 20.9. The number of carbonyl (C=O) groups is 1. The maximum atomic E-state index is 13.0. The van der Waals surface area contributed by atoms with Gasteiger partial charge < -0.3 is 11.1 Å². The van der Waals surface area contributed by atoms with Gasteiger partial charge in [-0.05, 0) is 62.4 Å². The van der Waals surface area contributed by atoms with Crippen LogP contribution in [-0.4, -0.2) is 32.8 Å². The Morgan fingerprint density at radius 3 is 2.52 bits per heavy atom. The van der Waals surface area contributed by atoms with E-state index in [-0.39, 0.29) is 11.9 Å². The molecule has 4 aromatic rings. The number of fused-ring (bicyclic) bond motifs is 3. The van der Waals surface area contributed by atoms with Gasteiger partial charge in [0, 0.05) is 41.3 Å². The summed E-state index contributed by atoms with van der Waals surface area (Å²) in [6, 6.07) is 10.2. The SMILES string of the molecule is C[C@@H](CCN)NC(=O)c1ccc2c(c1)c1cn(C)nc1n2-c1ccc(C(F)(F)F)cc1. The quantitative estimate of drug-likeness (QED) is 0.503.